The molecule has 1 saturated heterocycles. The maximum absolute atomic E-state index is 13.0. The molecule has 0 N–H and O–H groups in total. The first-order valence-corrected chi connectivity index (χ1v) is 8.11. The molecule has 24 heavy (non-hydrogen) atoms. The lowest BCUT2D eigenvalue weighted by molar-refractivity contribution is -0.0806. The Kier molecular flexibility index (Phi) is 4.64. The standard InChI is InChI=1S/C20H20N2O2/c1-14-13-24-19(17-8-4-3-5-9-17)15(2)22(14)20(23)18-10-6-7-16(11-18)12-21/h3-11,14-15,19H,13H2,1-2H3/t14-,15-,19+/m1/s1. The van der Waals surface area contributed by atoms with Gasteiger partial charge in [0.1, 0.15) is 6.10 Å². The van der Waals surface area contributed by atoms with E-state index in [0.717, 1.165) is 5.56 Å². The number of hydrogen-bond donors (Lipinski definition) is 0. The topological polar surface area (TPSA) is 53.3 Å². The number of ether oxygens (including phenoxy) is 1. The molecule has 4 heteroatoms. The van der Waals surface area contributed by atoms with E-state index in [9.17, 15) is 4.79 Å². The van der Waals surface area contributed by atoms with Crippen LogP contribution in [0.15, 0.2) is 54.6 Å². The fraction of sp³-hybridized carbons (Fsp3) is 0.300. The molecule has 0 aromatic heterocycles. The van der Waals surface area contributed by atoms with Crippen LogP contribution in [0.2, 0.25) is 0 Å². The van der Waals surface area contributed by atoms with Gasteiger partial charge in [0, 0.05) is 5.56 Å². The highest BCUT2D eigenvalue weighted by Crippen LogP contribution is 2.31. The van der Waals surface area contributed by atoms with Crippen molar-refractivity contribution in [3.05, 3.63) is 71.3 Å². The summed E-state index contributed by atoms with van der Waals surface area (Å²) in [7, 11) is 0. The van der Waals surface area contributed by atoms with Gasteiger partial charge in [-0.25, -0.2) is 0 Å². The molecule has 3 rings (SSSR count). The summed E-state index contributed by atoms with van der Waals surface area (Å²) >= 11 is 0. The largest absolute Gasteiger partial charge is 0.369 e. The van der Waals surface area contributed by atoms with E-state index in [1.165, 1.54) is 0 Å². The zero-order valence-corrected chi connectivity index (χ0v) is 13.8. The normalized spacial score (nSPS) is 23.5. The summed E-state index contributed by atoms with van der Waals surface area (Å²) < 4.78 is 6.00. The van der Waals surface area contributed by atoms with Gasteiger partial charge in [0.05, 0.1) is 30.3 Å². The first-order valence-electron chi connectivity index (χ1n) is 8.11. The fourth-order valence-electron chi connectivity index (χ4n) is 3.28. The minimum atomic E-state index is -0.148. The van der Waals surface area contributed by atoms with Crippen molar-refractivity contribution < 1.29 is 9.53 Å². The summed E-state index contributed by atoms with van der Waals surface area (Å²) in [6, 6.07) is 18.8. The van der Waals surface area contributed by atoms with Gasteiger partial charge in [-0.05, 0) is 37.6 Å². The van der Waals surface area contributed by atoms with Crippen LogP contribution in [-0.2, 0) is 4.74 Å². The monoisotopic (exact) mass is 320 g/mol. The molecule has 4 nitrogen and oxygen atoms in total. The Labute approximate surface area is 142 Å². The van der Waals surface area contributed by atoms with Gasteiger partial charge in [0.15, 0.2) is 0 Å². The number of nitriles is 1. The predicted molar refractivity (Wildman–Crippen MR) is 91.4 cm³/mol. The molecule has 0 aliphatic carbocycles. The van der Waals surface area contributed by atoms with Crippen molar-refractivity contribution in [2.24, 2.45) is 0 Å². The van der Waals surface area contributed by atoms with Crippen LogP contribution in [0.5, 0.6) is 0 Å². The van der Waals surface area contributed by atoms with E-state index in [-0.39, 0.29) is 24.1 Å². The summed E-state index contributed by atoms with van der Waals surface area (Å²) in [6.45, 7) is 4.50. The molecule has 0 saturated carbocycles. The molecule has 2 aromatic carbocycles. The maximum Gasteiger partial charge on any atom is 0.254 e. The van der Waals surface area contributed by atoms with Gasteiger partial charge in [0.2, 0.25) is 0 Å². The molecule has 1 amide bonds. The van der Waals surface area contributed by atoms with Crippen LogP contribution in [0.25, 0.3) is 0 Å². The zero-order valence-electron chi connectivity index (χ0n) is 13.8. The van der Waals surface area contributed by atoms with E-state index in [2.05, 4.69) is 6.07 Å². The highest BCUT2D eigenvalue weighted by atomic mass is 16.5. The molecule has 0 bridgehead atoms. The zero-order chi connectivity index (χ0) is 17.1. The van der Waals surface area contributed by atoms with Crippen LogP contribution in [0, 0.1) is 11.3 Å². The van der Waals surface area contributed by atoms with Gasteiger partial charge in [-0.3, -0.25) is 4.79 Å². The first kappa shape index (κ1) is 16.2. The van der Waals surface area contributed by atoms with E-state index in [4.69, 9.17) is 10.00 Å². The van der Waals surface area contributed by atoms with Gasteiger partial charge in [-0.15, -0.1) is 0 Å². The Morgan fingerprint density at radius 1 is 1.17 bits per heavy atom. The van der Waals surface area contributed by atoms with Gasteiger partial charge in [-0.1, -0.05) is 36.4 Å². The summed E-state index contributed by atoms with van der Waals surface area (Å²) in [5.41, 5.74) is 2.11. The number of hydrogen-bond acceptors (Lipinski definition) is 3. The Hall–Kier alpha value is -2.64. The molecule has 2 aromatic rings. The van der Waals surface area contributed by atoms with Crippen LogP contribution >= 0.6 is 0 Å². The number of nitrogens with zero attached hydrogens (tertiary/aromatic N) is 2. The number of carbonyl (C=O) groups is 1. The number of amides is 1. The van der Waals surface area contributed by atoms with Gasteiger partial charge in [0.25, 0.3) is 5.91 Å². The lowest BCUT2D eigenvalue weighted by atomic mass is 9.97. The molecule has 1 fully saturated rings. The average Bonchev–Trinajstić information content (AvgIpc) is 2.62. The maximum atomic E-state index is 13.0. The van der Waals surface area contributed by atoms with E-state index in [1.54, 1.807) is 24.3 Å². The minimum absolute atomic E-state index is 0.0156. The van der Waals surface area contributed by atoms with E-state index in [0.29, 0.717) is 17.7 Å². The number of benzene rings is 2. The molecule has 1 heterocycles. The van der Waals surface area contributed by atoms with Crippen LogP contribution in [0.3, 0.4) is 0 Å². The number of rotatable bonds is 2. The Balaban J connectivity index is 1.90. The summed E-state index contributed by atoms with van der Waals surface area (Å²) in [5.74, 6) is -0.0590. The van der Waals surface area contributed by atoms with E-state index in [1.807, 2.05) is 49.1 Å². The summed E-state index contributed by atoms with van der Waals surface area (Å²) in [6.07, 6.45) is -0.148. The Morgan fingerprint density at radius 2 is 1.92 bits per heavy atom. The third kappa shape index (κ3) is 3.04. The van der Waals surface area contributed by atoms with Gasteiger partial charge < -0.3 is 9.64 Å². The highest BCUT2D eigenvalue weighted by molar-refractivity contribution is 5.95. The molecule has 0 radical (unpaired) electrons. The molecular formula is C20H20N2O2. The predicted octanol–water partition coefficient (Wildman–Crippen LogP) is 3.55. The lowest BCUT2D eigenvalue weighted by Gasteiger charge is -2.44. The second-order valence-corrected chi connectivity index (χ2v) is 6.16. The minimum Gasteiger partial charge on any atom is -0.369 e. The van der Waals surface area contributed by atoms with E-state index >= 15 is 0 Å². The molecule has 3 atom stereocenters. The van der Waals surface area contributed by atoms with E-state index < -0.39 is 0 Å². The highest BCUT2D eigenvalue weighted by Gasteiger charge is 2.37. The van der Waals surface area contributed by atoms with Crippen molar-refractivity contribution in [1.29, 1.82) is 5.26 Å². The lowest BCUT2D eigenvalue weighted by Crippen LogP contribution is -2.53. The van der Waals surface area contributed by atoms with Crippen molar-refractivity contribution in [3.63, 3.8) is 0 Å². The van der Waals surface area contributed by atoms with Crippen LogP contribution in [0.1, 0.15) is 41.4 Å². The molecule has 1 aliphatic rings. The van der Waals surface area contributed by atoms with Crippen LogP contribution in [0.4, 0.5) is 0 Å². The average molecular weight is 320 g/mol. The number of morpholine rings is 1. The fourth-order valence-corrected chi connectivity index (χ4v) is 3.28. The molecular weight excluding hydrogens is 300 g/mol. The van der Waals surface area contributed by atoms with Crippen molar-refractivity contribution in [2.45, 2.75) is 32.0 Å². The number of carbonyl (C=O) groups excluding carboxylic acids is 1. The summed E-state index contributed by atoms with van der Waals surface area (Å²) in [4.78, 5) is 14.9. The molecule has 1 aliphatic heterocycles. The molecule has 0 spiro atoms. The molecule has 122 valence electrons. The summed E-state index contributed by atoms with van der Waals surface area (Å²) in [5, 5.41) is 9.05. The Bertz CT molecular complexity index is 767. The third-order valence-corrected chi connectivity index (χ3v) is 4.47. The molecule has 0 unspecified atom stereocenters. The second kappa shape index (κ2) is 6.86. The smallest absolute Gasteiger partial charge is 0.254 e. The third-order valence-electron chi connectivity index (χ3n) is 4.47. The SMILES string of the molecule is C[C@@H]1CO[C@H](c2ccccc2)[C@@H](C)N1C(=O)c1cccc(C#N)c1. The Morgan fingerprint density at radius 3 is 2.62 bits per heavy atom. The van der Waals surface area contributed by atoms with Gasteiger partial charge in [-0.2, -0.15) is 5.26 Å². The van der Waals surface area contributed by atoms with Crippen molar-refractivity contribution in [3.8, 4) is 6.07 Å². The van der Waals surface area contributed by atoms with Crippen molar-refractivity contribution >= 4 is 5.91 Å². The van der Waals surface area contributed by atoms with Crippen LogP contribution < -0.4 is 0 Å². The second-order valence-electron chi connectivity index (χ2n) is 6.16. The first-order chi connectivity index (χ1) is 11.6. The quantitative estimate of drug-likeness (QED) is 0.850. The van der Waals surface area contributed by atoms with Gasteiger partial charge >= 0.3 is 0 Å². The van der Waals surface area contributed by atoms with Crippen LogP contribution in [-0.4, -0.2) is 29.5 Å². The van der Waals surface area contributed by atoms with Crippen molar-refractivity contribution in [2.75, 3.05) is 6.61 Å². The van der Waals surface area contributed by atoms with Crippen molar-refractivity contribution in [1.82, 2.24) is 4.90 Å².